The minimum atomic E-state index is -0.559. The maximum atomic E-state index is 12.3. The molecule has 1 aliphatic rings. The van der Waals surface area contributed by atoms with Gasteiger partial charge < -0.3 is 21.0 Å². The summed E-state index contributed by atoms with van der Waals surface area (Å²) in [5, 5.41) is 14.4. The number of ether oxygens (including phenoxy) is 1. The summed E-state index contributed by atoms with van der Waals surface area (Å²) in [4.78, 5) is 12.3. The van der Waals surface area contributed by atoms with Crippen LogP contribution >= 0.6 is 0 Å². The number of likely N-dealkylation sites (N-methyl/N-ethyl adjacent to an activating group) is 1. The van der Waals surface area contributed by atoms with Crippen molar-refractivity contribution in [3.05, 3.63) is 35.4 Å². The minimum Gasteiger partial charge on any atom is -0.409 e. The van der Waals surface area contributed by atoms with Gasteiger partial charge in [-0.25, -0.2) is 0 Å². The van der Waals surface area contributed by atoms with Crippen LogP contribution in [0.25, 0.3) is 0 Å². The summed E-state index contributed by atoms with van der Waals surface area (Å²) in [5.41, 5.74) is 6.53. The van der Waals surface area contributed by atoms with E-state index in [2.05, 4.69) is 10.5 Å². The number of benzene rings is 1. The third-order valence-electron chi connectivity index (χ3n) is 3.85. The molecule has 1 amide bonds. The molecular weight excluding hydrogens is 258 g/mol. The van der Waals surface area contributed by atoms with Crippen LogP contribution in [0.5, 0.6) is 0 Å². The molecule has 0 saturated carbocycles. The van der Waals surface area contributed by atoms with Crippen molar-refractivity contribution in [2.24, 2.45) is 10.9 Å². The average molecular weight is 277 g/mol. The Kier molecular flexibility index (Phi) is 4.24. The predicted molar refractivity (Wildman–Crippen MR) is 74.8 cm³/mol. The van der Waals surface area contributed by atoms with Crippen molar-refractivity contribution >= 4 is 11.7 Å². The summed E-state index contributed by atoms with van der Waals surface area (Å²) in [6.07, 6.45) is 1.30. The molecule has 0 spiro atoms. The highest BCUT2D eigenvalue weighted by molar-refractivity contribution is 5.97. The summed E-state index contributed by atoms with van der Waals surface area (Å²) >= 11 is 0. The van der Waals surface area contributed by atoms with E-state index in [1.807, 2.05) is 12.1 Å². The molecule has 1 aromatic rings. The summed E-state index contributed by atoms with van der Waals surface area (Å²) in [6.45, 7) is 1.13. The van der Waals surface area contributed by atoms with Gasteiger partial charge in [0.2, 0.25) is 5.91 Å². The number of oxime groups is 1. The Morgan fingerprint density at radius 1 is 1.35 bits per heavy atom. The van der Waals surface area contributed by atoms with Crippen molar-refractivity contribution in [1.82, 2.24) is 5.32 Å². The molecule has 0 unspecified atom stereocenters. The fourth-order valence-corrected chi connectivity index (χ4v) is 2.62. The first-order chi connectivity index (χ1) is 9.64. The molecule has 4 N–H and O–H groups in total. The highest BCUT2D eigenvalue weighted by Gasteiger charge is 2.41. The Balaban J connectivity index is 2.37. The number of rotatable bonds is 3. The van der Waals surface area contributed by atoms with Gasteiger partial charge in [0.1, 0.15) is 0 Å². The molecule has 0 bridgehead atoms. The number of carbonyl (C=O) groups is 1. The minimum absolute atomic E-state index is 0.00246. The first kappa shape index (κ1) is 14.3. The maximum absolute atomic E-state index is 12.3. The molecule has 6 heteroatoms. The van der Waals surface area contributed by atoms with E-state index in [4.69, 9.17) is 15.7 Å². The zero-order valence-electron chi connectivity index (χ0n) is 11.4. The zero-order chi connectivity index (χ0) is 14.6. The second-order valence-electron chi connectivity index (χ2n) is 4.84. The van der Waals surface area contributed by atoms with E-state index >= 15 is 0 Å². The number of amides is 1. The number of carbonyl (C=O) groups excluding carboxylic acids is 1. The Morgan fingerprint density at radius 2 is 1.95 bits per heavy atom. The molecule has 1 fully saturated rings. The first-order valence-electron chi connectivity index (χ1n) is 6.52. The highest BCUT2D eigenvalue weighted by atomic mass is 16.5. The van der Waals surface area contributed by atoms with Crippen molar-refractivity contribution in [1.29, 1.82) is 0 Å². The standard InChI is InChI=1S/C14H19N3O3/c1-16-13(18)14(6-8-20-9-7-14)11-4-2-10(3-5-11)12(15)17-19/h2-5,19H,6-9H2,1H3,(H2,15,17)(H,16,18). The SMILES string of the molecule is CNC(=O)C1(c2ccc(/C(N)=N/O)cc2)CCOCC1. The van der Waals surface area contributed by atoms with E-state index in [1.165, 1.54) is 0 Å². The van der Waals surface area contributed by atoms with Crippen molar-refractivity contribution in [2.45, 2.75) is 18.3 Å². The summed E-state index contributed by atoms with van der Waals surface area (Å²) in [5.74, 6) is 0.0508. The monoisotopic (exact) mass is 277 g/mol. The average Bonchev–Trinajstić information content (AvgIpc) is 2.54. The molecular formula is C14H19N3O3. The van der Waals surface area contributed by atoms with Gasteiger partial charge in [0, 0.05) is 25.8 Å². The van der Waals surface area contributed by atoms with Crippen molar-refractivity contribution < 1.29 is 14.7 Å². The number of amidine groups is 1. The summed E-state index contributed by atoms with van der Waals surface area (Å²) < 4.78 is 5.37. The van der Waals surface area contributed by atoms with E-state index in [9.17, 15) is 4.79 Å². The first-order valence-corrected chi connectivity index (χ1v) is 6.52. The molecule has 108 valence electrons. The molecule has 1 saturated heterocycles. The van der Waals surface area contributed by atoms with Crippen molar-refractivity contribution in [3.8, 4) is 0 Å². The van der Waals surface area contributed by atoms with Gasteiger partial charge in [-0.1, -0.05) is 29.4 Å². The van der Waals surface area contributed by atoms with Gasteiger partial charge in [-0.3, -0.25) is 4.79 Å². The molecule has 6 nitrogen and oxygen atoms in total. The van der Waals surface area contributed by atoms with E-state index in [1.54, 1.807) is 19.2 Å². The van der Waals surface area contributed by atoms with Crippen LogP contribution in [0.15, 0.2) is 29.4 Å². The fourth-order valence-electron chi connectivity index (χ4n) is 2.62. The van der Waals surface area contributed by atoms with Gasteiger partial charge in [-0.05, 0) is 18.4 Å². The van der Waals surface area contributed by atoms with E-state index < -0.39 is 5.41 Å². The van der Waals surface area contributed by atoms with Crippen LogP contribution in [0.1, 0.15) is 24.0 Å². The lowest BCUT2D eigenvalue weighted by atomic mass is 9.73. The van der Waals surface area contributed by atoms with E-state index in [0.29, 0.717) is 31.6 Å². The van der Waals surface area contributed by atoms with Gasteiger partial charge >= 0.3 is 0 Å². The zero-order valence-corrected chi connectivity index (χ0v) is 11.4. The summed E-state index contributed by atoms with van der Waals surface area (Å²) in [7, 11) is 1.64. The van der Waals surface area contributed by atoms with Crippen LogP contribution in [-0.4, -0.2) is 37.2 Å². The number of nitrogens with two attached hydrogens (primary N) is 1. The normalized spacial score (nSPS) is 18.6. The quantitative estimate of drug-likeness (QED) is 0.326. The highest BCUT2D eigenvalue weighted by Crippen LogP contribution is 2.35. The van der Waals surface area contributed by atoms with Crippen LogP contribution < -0.4 is 11.1 Å². The second-order valence-corrected chi connectivity index (χ2v) is 4.84. The third kappa shape index (κ3) is 2.46. The maximum Gasteiger partial charge on any atom is 0.230 e. The second kappa shape index (κ2) is 5.92. The molecule has 0 atom stereocenters. The lowest BCUT2D eigenvalue weighted by molar-refractivity contribution is -0.129. The Hall–Kier alpha value is -2.08. The molecule has 0 radical (unpaired) electrons. The summed E-state index contributed by atoms with van der Waals surface area (Å²) in [6, 6.07) is 7.22. The number of nitrogens with zero attached hydrogens (tertiary/aromatic N) is 1. The lowest BCUT2D eigenvalue weighted by Gasteiger charge is -2.35. The molecule has 1 heterocycles. The number of hydrogen-bond donors (Lipinski definition) is 3. The molecule has 1 aliphatic heterocycles. The molecule has 0 aliphatic carbocycles. The van der Waals surface area contributed by atoms with Gasteiger partial charge in [0.15, 0.2) is 5.84 Å². The topological polar surface area (TPSA) is 96.9 Å². The van der Waals surface area contributed by atoms with E-state index in [0.717, 1.165) is 5.56 Å². The van der Waals surface area contributed by atoms with Crippen molar-refractivity contribution in [2.75, 3.05) is 20.3 Å². The van der Waals surface area contributed by atoms with Gasteiger partial charge in [-0.15, -0.1) is 0 Å². The van der Waals surface area contributed by atoms with Crippen LogP contribution in [0.4, 0.5) is 0 Å². The van der Waals surface area contributed by atoms with Crippen LogP contribution in [-0.2, 0) is 14.9 Å². The Labute approximate surface area is 117 Å². The molecule has 2 rings (SSSR count). The third-order valence-corrected chi connectivity index (χ3v) is 3.85. The smallest absolute Gasteiger partial charge is 0.230 e. The molecule has 20 heavy (non-hydrogen) atoms. The van der Waals surface area contributed by atoms with Crippen molar-refractivity contribution in [3.63, 3.8) is 0 Å². The van der Waals surface area contributed by atoms with Gasteiger partial charge in [0.05, 0.1) is 5.41 Å². The molecule has 0 aromatic heterocycles. The van der Waals surface area contributed by atoms with Gasteiger partial charge in [-0.2, -0.15) is 0 Å². The number of nitrogens with one attached hydrogen (secondary N) is 1. The van der Waals surface area contributed by atoms with Crippen LogP contribution in [0.3, 0.4) is 0 Å². The Morgan fingerprint density at radius 3 is 2.45 bits per heavy atom. The lowest BCUT2D eigenvalue weighted by Crippen LogP contribution is -2.46. The largest absolute Gasteiger partial charge is 0.409 e. The van der Waals surface area contributed by atoms with Crippen LogP contribution in [0.2, 0.25) is 0 Å². The fraction of sp³-hybridized carbons (Fsp3) is 0.429. The Bertz CT molecular complexity index is 505. The van der Waals surface area contributed by atoms with Crippen LogP contribution in [0, 0.1) is 0 Å². The van der Waals surface area contributed by atoms with E-state index in [-0.39, 0.29) is 11.7 Å². The van der Waals surface area contributed by atoms with Gasteiger partial charge in [0.25, 0.3) is 0 Å². The number of hydrogen-bond acceptors (Lipinski definition) is 4. The predicted octanol–water partition coefficient (Wildman–Crippen LogP) is 0.575. The molecule has 1 aromatic carbocycles.